The maximum absolute atomic E-state index is 12.0. The molecule has 0 radical (unpaired) electrons. The first-order chi connectivity index (χ1) is 10.2. The van der Waals surface area contributed by atoms with Gasteiger partial charge in [0.1, 0.15) is 12.0 Å². The van der Waals surface area contributed by atoms with E-state index < -0.39 is 5.60 Å². The van der Waals surface area contributed by atoms with E-state index in [1.165, 1.54) is 31.3 Å². The van der Waals surface area contributed by atoms with E-state index >= 15 is 0 Å². The van der Waals surface area contributed by atoms with Crippen LogP contribution in [0.4, 0.5) is 0 Å². The second-order valence-corrected chi connectivity index (χ2v) is 4.54. The average molecular weight is 287 g/mol. The molecule has 108 valence electrons. The third kappa shape index (κ3) is 2.48. The van der Waals surface area contributed by atoms with E-state index in [-0.39, 0.29) is 12.5 Å². The van der Waals surface area contributed by atoms with Gasteiger partial charge in [0.05, 0.1) is 37.2 Å². The average Bonchev–Trinajstić information content (AvgIpc) is 3.27. The summed E-state index contributed by atoms with van der Waals surface area (Å²) < 4.78 is 15.1. The number of furan rings is 3. The molecule has 0 aromatic carbocycles. The van der Waals surface area contributed by atoms with Gasteiger partial charge in [-0.3, -0.25) is 4.79 Å². The molecule has 1 atom stereocenters. The maximum Gasteiger partial charge on any atom is 0.254 e. The van der Waals surface area contributed by atoms with Gasteiger partial charge >= 0.3 is 0 Å². The third-order valence-electron chi connectivity index (χ3n) is 3.22. The lowest BCUT2D eigenvalue weighted by Crippen LogP contribution is -2.41. The molecule has 2 N–H and O–H groups in total. The van der Waals surface area contributed by atoms with Crippen LogP contribution in [0.25, 0.3) is 0 Å². The molecular weight excluding hydrogens is 274 g/mol. The van der Waals surface area contributed by atoms with Crippen LogP contribution in [0.3, 0.4) is 0 Å². The molecule has 0 spiro atoms. The summed E-state index contributed by atoms with van der Waals surface area (Å²) in [5.74, 6) is -0.0337. The van der Waals surface area contributed by atoms with Crippen LogP contribution in [0.2, 0.25) is 0 Å². The number of hydrogen-bond donors (Lipinski definition) is 2. The second kappa shape index (κ2) is 5.34. The van der Waals surface area contributed by atoms with Gasteiger partial charge in [-0.2, -0.15) is 0 Å². The van der Waals surface area contributed by atoms with Crippen LogP contribution in [0, 0.1) is 0 Å². The first-order valence-electron chi connectivity index (χ1n) is 6.29. The molecule has 0 bridgehead atoms. The molecule has 21 heavy (non-hydrogen) atoms. The van der Waals surface area contributed by atoms with Gasteiger partial charge in [0.2, 0.25) is 0 Å². The molecule has 0 saturated carbocycles. The zero-order chi connectivity index (χ0) is 14.7. The van der Waals surface area contributed by atoms with E-state index in [0.29, 0.717) is 16.9 Å². The van der Waals surface area contributed by atoms with E-state index in [1.807, 2.05) is 0 Å². The highest BCUT2D eigenvalue weighted by Crippen LogP contribution is 2.29. The van der Waals surface area contributed by atoms with Crippen molar-refractivity contribution >= 4 is 5.91 Å². The molecule has 0 aliphatic carbocycles. The first kappa shape index (κ1) is 13.3. The van der Waals surface area contributed by atoms with Crippen LogP contribution >= 0.6 is 0 Å². The van der Waals surface area contributed by atoms with Gasteiger partial charge in [-0.25, -0.2) is 0 Å². The fourth-order valence-corrected chi connectivity index (χ4v) is 2.05. The number of carbonyl (C=O) groups is 1. The summed E-state index contributed by atoms with van der Waals surface area (Å²) in [6.45, 7) is -0.0654. The van der Waals surface area contributed by atoms with Crippen molar-refractivity contribution in [1.29, 1.82) is 0 Å². The molecule has 3 rings (SSSR count). The number of hydrogen-bond acceptors (Lipinski definition) is 5. The Bertz CT molecular complexity index is 648. The Balaban J connectivity index is 1.83. The molecule has 0 aliphatic rings. The summed E-state index contributed by atoms with van der Waals surface area (Å²) in [5.41, 5.74) is -0.635. The Morgan fingerprint density at radius 1 is 1.14 bits per heavy atom. The van der Waals surface area contributed by atoms with Gasteiger partial charge in [0.25, 0.3) is 5.91 Å². The van der Waals surface area contributed by atoms with Crippen molar-refractivity contribution in [3.8, 4) is 0 Å². The van der Waals surface area contributed by atoms with Crippen LogP contribution in [-0.2, 0) is 5.60 Å². The smallest absolute Gasteiger partial charge is 0.254 e. The quantitative estimate of drug-likeness (QED) is 0.750. The van der Waals surface area contributed by atoms with Crippen molar-refractivity contribution in [2.24, 2.45) is 0 Å². The summed E-state index contributed by atoms with van der Waals surface area (Å²) in [7, 11) is 0. The summed E-state index contributed by atoms with van der Waals surface area (Å²) in [6, 6.07) is 6.46. The molecule has 3 aromatic heterocycles. The molecule has 0 aliphatic heterocycles. The Morgan fingerprint density at radius 2 is 1.95 bits per heavy atom. The normalized spacial score (nSPS) is 13.8. The SMILES string of the molecule is O=C(NC[C@@](O)(c1ccoc1)c1ccco1)c1ccoc1. The zero-order valence-corrected chi connectivity index (χ0v) is 11.0. The van der Waals surface area contributed by atoms with E-state index in [0.717, 1.165) is 0 Å². The van der Waals surface area contributed by atoms with E-state index in [2.05, 4.69) is 5.32 Å². The van der Waals surface area contributed by atoms with Crippen molar-refractivity contribution in [3.05, 3.63) is 72.5 Å². The van der Waals surface area contributed by atoms with Gasteiger partial charge < -0.3 is 23.7 Å². The monoisotopic (exact) mass is 287 g/mol. The summed E-state index contributed by atoms with van der Waals surface area (Å²) >= 11 is 0. The topological polar surface area (TPSA) is 88.8 Å². The van der Waals surface area contributed by atoms with Gasteiger partial charge in [-0.15, -0.1) is 0 Å². The number of carbonyl (C=O) groups excluding carboxylic acids is 1. The molecule has 3 aromatic rings. The van der Waals surface area contributed by atoms with Gasteiger partial charge in [-0.1, -0.05) is 0 Å². The zero-order valence-electron chi connectivity index (χ0n) is 11.0. The van der Waals surface area contributed by atoms with E-state index in [4.69, 9.17) is 13.3 Å². The standard InChI is InChI=1S/C15H13NO5/c17-14(11-3-6-19-8-11)16-10-15(18,12-4-7-20-9-12)13-2-1-5-21-13/h1-9,18H,10H2,(H,16,17)/t15-/m1/s1. The number of amides is 1. The highest BCUT2D eigenvalue weighted by molar-refractivity contribution is 5.93. The molecule has 6 nitrogen and oxygen atoms in total. The summed E-state index contributed by atoms with van der Waals surface area (Å²) in [5, 5.41) is 13.5. The Morgan fingerprint density at radius 3 is 2.57 bits per heavy atom. The van der Waals surface area contributed by atoms with Crippen LogP contribution < -0.4 is 5.32 Å². The fraction of sp³-hybridized carbons (Fsp3) is 0.133. The fourth-order valence-electron chi connectivity index (χ4n) is 2.05. The Hall–Kier alpha value is -2.73. The minimum absolute atomic E-state index is 0.0654. The van der Waals surface area contributed by atoms with E-state index in [1.54, 1.807) is 24.3 Å². The molecule has 3 heterocycles. The third-order valence-corrected chi connectivity index (χ3v) is 3.22. The van der Waals surface area contributed by atoms with Crippen molar-refractivity contribution in [1.82, 2.24) is 5.32 Å². The lowest BCUT2D eigenvalue weighted by Gasteiger charge is -2.25. The van der Waals surface area contributed by atoms with Crippen LogP contribution in [0.15, 0.2) is 68.8 Å². The molecule has 1 amide bonds. The molecule has 0 saturated heterocycles. The van der Waals surface area contributed by atoms with Gasteiger partial charge in [0.15, 0.2) is 5.60 Å². The number of nitrogens with one attached hydrogen (secondary N) is 1. The molecule has 0 unspecified atom stereocenters. The van der Waals surface area contributed by atoms with Crippen molar-refractivity contribution in [2.45, 2.75) is 5.60 Å². The number of aliphatic hydroxyl groups is 1. The van der Waals surface area contributed by atoms with E-state index in [9.17, 15) is 9.90 Å². The predicted octanol–water partition coefficient (Wildman–Crippen LogP) is 2.13. The highest BCUT2D eigenvalue weighted by atomic mass is 16.4. The van der Waals surface area contributed by atoms with Crippen LogP contribution in [0.5, 0.6) is 0 Å². The minimum atomic E-state index is -1.50. The molecule has 0 fully saturated rings. The summed E-state index contributed by atoms with van der Waals surface area (Å²) in [6.07, 6.45) is 7.05. The minimum Gasteiger partial charge on any atom is -0.472 e. The Kier molecular flexibility index (Phi) is 3.37. The first-order valence-corrected chi connectivity index (χ1v) is 6.29. The molecule has 6 heteroatoms. The highest BCUT2D eigenvalue weighted by Gasteiger charge is 2.36. The van der Waals surface area contributed by atoms with Crippen molar-refractivity contribution < 1.29 is 23.2 Å². The molecular formula is C15H13NO5. The lowest BCUT2D eigenvalue weighted by atomic mass is 9.93. The van der Waals surface area contributed by atoms with Gasteiger partial charge in [-0.05, 0) is 24.3 Å². The van der Waals surface area contributed by atoms with Crippen LogP contribution in [-0.4, -0.2) is 17.6 Å². The predicted molar refractivity (Wildman–Crippen MR) is 71.5 cm³/mol. The second-order valence-electron chi connectivity index (χ2n) is 4.54. The van der Waals surface area contributed by atoms with Crippen LogP contribution in [0.1, 0.15) is 21.7 Å². The Labute approximate surface area is 120 Å². The van der Waals surface area contributed by atoms with Crippen molar-refractivity contribution in [3.63, 3.8) is 0 Å². The summed E-state index contributed by atoms with van der Waals surface area (Å²) in [4.78, 5) is 12.0. The maximum atomic E-state index is 12.0. The van der Waals surface area contributed by atoms with Gasteiger partial charge in [0, 0.05) is 5.56 Å². The largest absolute Gasteiger partial charge is 0.472 e. The number of rotatable bonds is 5. The lowest BCUT2D eigenvalue weighted by molar-refractivity contribution is 0.0520. The van der Waals surface area contributed by atoms with Crippen molar-refractivity contribution in [2.75, 3.05) is 6.54 Å².